The monoisotopic (exact) mass is 318 g/mol. The highest BCUT2D eigenvalue weighted by atomic mass is 19.4. The number of benzene rings is 1. The molecule has 116 valence electrons. The number of alkyl halides is 3. The normalized spacial score (nSPS) is 11.3. The number of halogens is 5. The minimum absolute atomic E-state index is 0.397. The molecule has 0 aliphatic carbocycles. The maximum Gasteiger partial charge on any atom is 0.417 e. The van der Waals surface area contributed by atoms with Crippen LogP contribution in [0.4, 0.5) is 27.6 Å². The topological polar surface area (TPSA) is 62.0 Å². The second kappa shape index (κ2) is 5.58. The molecule has 0 spiro atoms. The predicted molar refractivity (Wildman–Crippen MR) is 66.4 cm³/mol. The Bertz CT molecular complexity index is 783. The lowest BCUT2D eigenvalue weighted by Gasteiger charge is -2.09. The Morgan fingerprint density at radius 3 is 2.45 bits per heavy atom. The van der Waals surface area contributed by atoms with Crippen molar-refractivity contribution >= 4 is 11.6 Å². The third-order valence-corrected chi connectivity index (χ3v) is 2.65. The summed E-state index contributed by atoms with van der Waals surface area (Å²) in [6, 6.07) is 2.41. The van der Waals surface area contributed by atoms with Crippen molar-refractivity contribution < 1.29 is 26.7 Å². The molecule has 0 radical (unpaired) electrons. The number of aromatic nitrogens is 1. The smallest absolute Gasteiger partial charge is 0.327 e. The predicted octanol–water partition coefficient (Wildman–Crippen LogP) is 2.92. The Morgan fingerprint density at radius 2 is 1.82 bits per heavy atom. The van der Waals surface area contributed by atoms with Crippen molar-refractivity contribution in [3.8, 4) is 0 Å². The molecule has 0 saturated heterocycles. The molecule has 1 aromatic heterocycles. The Labute approximate surface area is 119 Å². The number of hydrogen-bond donors (Lipinski definition) is 2. The van der Waals surface area contributed by atoms with E-state index >= 15 is 0 Å². The lowest BCUT2D eigenvalue weighted by atomic mass is 10.2. The third-order valence-electron chi connectivity index (χ3n) is 2.65. The Balaban J connectivity index is 2.36. The fraction of sp³-hybridized carbons (Fsp3) is 0.0769. The van der Waals surface area contributed by atoms with E-state index in [1.165, 1.54) is 0 Å². The van der Waals surface area contributed by atoms with Gasteiger partial charge in [-0.25, -0.2) is 8.78 Å². The van der Waals surface area contributed by atoms with E-state index in [0.29, 0.717) is 24.4 Å². The van der Waals surface area contributed by atoms with Crippen LogP contribution in [0.2, 0.25) is 0 Å². The zero-order valence-electron chi connectivity index (χ0n) is 10.6. The maximum atomic E-state index is 13.4. The lowest BCUT2D eigenvalue weighted by Crippen LogP contribution is -2.22. The number of carbonyl (C=O) groups excluding carboxylic acids is 1. The molecule has 0 unspecified atom stereocenters. The highest BCUT2D eigenvalue weighted by Gasteiger charge is 2.31. The highest BCUT2D eigenvalue weighted by Crippen LogP contribution is 2.29. The third kappa shape index (κ3) is 3.30. The summed E-state index contributed by atoms with van der Waals surface area (Å²) in [5, 5.41) is 1.82. The zero-order valence-corrected chi connectivity index (χ0v) is 10.6. The van der Waals surface area contributed by atoms with Crippen molar-refractivity contribution in [3.05, 3.63) is 63.6 Å². The van der Waals surface area contributed by atoms with Crippen LogP contribution in [-0.4, -0.2) is 10.9 Å². The number of rotatable bonds is 2. The Hall–Kier alpha value is -2.71. The number of H-pyrrole nitrogens is 1. The molecule has 1 amide bonds. The van der Waals surface area contributed by atoms with Crippen LogP contribution in [0.25, 0.3) is 0 Å². The summed E-state index contributed by atoms with van der Waals surface area (Å²) in [6.45, 7) is 0. The molecule has 0 saturated carbocycles. The van der Waals surface area contributed by atoms with Gasteiger partial charge in [0.05, 0.1) is 11.1 Å². The van der Waals surface area contributed by atoms with Crippen LogP contribution in [0, 0.1) is 11.6 Å². The number of carbonyl (C=O) groups is 1. The molecule has 1 heterocycles. The average molecular weight is 318 g/mol. The molecule has 4 nitrogen and oxygen atoms in total. The van der Waals surface area contributed by atoms with Gasteiger partial charge in [-0.1, -0.05) is 0 Å². The van der Waals surface area contributed by atoms with E-state index in [-0.39, 0.29) is 0 Å². The van der Waals surface area contributed by atoms with Gasteiger partial charge in [0, 0.05) is 6.20 Å². The van der Waals surface area contributed by atoms with Crippen LogP contribution < -0.4 is 10.9 Å². The first kappa shape index (κ1) is 15.7. The van der Waals surface area contributed by atoms with Crippen LogP contribution in [0.15, 0.2) is 35.3 Å². The highest BCUT2D eigenvalue weighted by molar-refractivity contribution is 6.04. The van der Waals surface area contributed by atoms with Crippen LogP contribution in [-0.2, 0) is 6.18 Å². The van der Waals surface area contributed by atoms with Crippen LogP contribution >= 0.6 is 0 Å². The van der Waals surface area contributed by atoms with Gasteiger partial charge >= 0.3 is 6.18 Å². The number of amides is 1. The van der Waals surface area contributed by atoms with Gasteiger partial charge in [-0.15, -0.1) is 0 Å². The molecule has 2 rings (SSSR count). The van der Waals surface area contributed by atoms with Gasteiger partial charge in [-0.3, -0.25) is 9.59 Å². The first-order chi connectivity index (χ1) is 10.2. The van der Waals surface area contributed by atoms with E-state index in [9.17, 15) is 31.5 Å². The van der Waals surface area contributed by atoms with E-state index in [4.69, 9.17) is 0 Å². The number of pyridine rings is 1. The van der Waals surface area contributed by atoms with Gasteiger partial charge in [0.25, 0.3) is 11.5 Å². The minimum Gasteiger partial charge on any atom is -0.327 e. The molecular formula is C13H7F5N2O2. The molecule has 9 heteroatoms. The van der Waals surface area contributed by atoms with E-state index in [2.05, 4.69) is 0 Å². The van der Waals surface area contributed by atoms with Gasteiger partial charge < -0.3 is 10.3 Å². The fourth-order valence-corrected chi connectivity index (χ4v) is 1.60. The van der Waals surface area contributed by atoms with Crippen LogP contribution in [0.3, 0.4) is 0 Å². The quantitative estimate of drug-likeness (QED) is 0.836. The van der Waals surface area contributed by atoms with E-state index < -0.39 is 46.1 Å². The molecule has 0 aliphatic rings. The van der Waals surface area contributed by atoms with E-state index in [1.54, 1.807) is 4.98 Å². The van der Waals surface area contributed by atoms with Crippen LogP contribution in [0.5, 0.6) is 0 Å². The van der Waals surface area contributed by atoms with Crippen molar-refractivity contribution in [2.75, 3.05) is 5.32 Å². The van der Waals surface area contributed by atoms with Gasteiger partial charge in [0.2, 0.25) is 0 Å². The van der Waals surface area contributed by atoms with E-state index in [0.717, 1.165) is 6.07 Å². The summed E-state index contributed by atoms with van der Waals surface area (Å²) in [6.07, 6.45) is -4.31. The molecule has 2 N–H and O–H groups in total. The summed E-state index contributed by atoms with van der Waals surface area (Å²) in [7, 11) is 0. The number of aromatic amines is 1. The summed E-state index contributed by atoms with van der Waals surface area (Å²) < 4.78 is 64.0. The molecule has 0 aliphatic heterocycles. The fourth-order valence-electron chi connectivity index (χ4n) is 1.60. The maximum absolute atomic E-state index is 13.4. The van der Waals surface area contributed by atoms with Crippen molar-refractivity contribution in [1.82, 2.24) is 4.98 Å². The van der Waals surface area contributed by atoms with E-state index in [1.807, 2.05) is 5.32 Å². The second-order valence-corrected chi connectivity index (χ2v) is 4.21. The largest absolute Gasteiger partial charge is 0.417 e. The Kier molecular flexibility index (Phi) is 3.98. The molecule has 1 aromatic carbocycles. The number of hydrogen-bond acceptors (Lipinski definition) is 2. The molecular weight excluding hydrogens is 311 g/mol. The molecule has 22 heavy (non-hydrogen) atoms. The van der Waals surface area contributed by atoms with Crippen molar-refractivity contribution in [1.29, 1.82) is 0 Å². The first-order valence-electron chi connectivity index (χ1n) is 5.75. The molecule has 0 fully saturated rings. The standard InChI is InChI=1S/C13H7F5N2O2/c14-7-1-2-9(15)8(4-7)11(21)20-10-3-6(13(16,17)18)5-19-12(10)22/h1-5H,(H,19,22)(H,20,21). The average Bonchev–Trinajstić information content (AvgIpc) is 2.42. The molecule has 2 aromatic rings. The van der Waals surface area contributed by atoms with Crippen molar-refractivity contribution in [3.63, 3.8) is 0 Å². The SMILES string of the molecule is O=C(Nc1cc(C(F)(F)F)c[nH]c1=O)c1cc(F)ccc1F. The number of nitrogens with one attached hydrogen (secondary N) is 2. The van der Waals surface area contributed by atoms with Crippen molar-refractivity contribution in [2.45, 2.75) is 6.18 Å². The van der Waals surface area contributed by atoms with Gasteiger partial charge in [0.15, 0.2) is 0 Å². The summed E-state index contributed by atoms with van der Waals surface area (Å²) in [5.74, 6) is -3.24. The lowest BCUT2D eigenvalue weighted by molar-refractivity contribution is -0.137. The molecule has 0 bridgehead atoms. The summed E-state index contributed by atoms with van der Waals surface area (Å²) >= 11 is 0. The zero-order chi connectivity index (χ0) is 16.5. The summed E-state index contributed by atoms with van der Waals surface area (Å²) in [4.78, 5) is 25.0. The van der Waals surface area contributed by atoms with Gasteiger partial charge in [-0.05, 0) is 24.3 Å². The Morgan fingerprint density at radius 1 is 1.14 bits per heavy atom. The second-order valence-electron chi connectivity index (χ2n) is 4.21. The van der Waals surface area contributed by atoms with Gasteiger partial charge in [-0.2, -0.15) is 13.2 Å². The number of anilines is 1. The van der Waals surface area contributed by atoms with Crippen molar-refractivity contribution in [2.24, 2.45) is 0 Å². The first-order valence-corrected chi connectivity index (χ1v) is 5.75. The summed E-state index contributed by atoms with van der Waals surface area (Å²) in [5.41, 5.74) is -3.69. The van der Waals surface area contributed by atoms with Gasteiger partial charge in [0.1, 0.15) is 17.3 Å². The minimum atomic E-state index is -4.74. The van der Waals surface area contributed by atoms with Crippen LogP contribution in [0.1, 0.15) is 15.9 Å². The molecule has 0 atom stereocenters.